The Morgan fingerprint density at radius 1 is 0.711 bits per heavy atom. The van der Waals surface area contributed by atoms with Crippen molar-refractivity contribution in [2.24, 2.45) is 56.7 Å². The van der Waals surface area contributed by atoms with Gasteiger partial charge in [-0.15, -0.1) is 0 Å². The Kier molecular flexibility index (Phi) is 6.71. The molecule has 5 aliphatic rings. The van der Waals surface area contributed by atoms with Crippen LogP contribution in [0.3, 0.4) is 0 Å². The van der Waals surface area contributed by atoms with Crippen LogP contribution in [0.2, 0.25) is 0 Å². The van der Waals surface area contributed by atoms with Gasteiger partial charge in [0.2, 0.25) is 0 Å². The van der Waals surface area contributed by atoms with Crippen molar-refractivity contribution in [2.45, 2.75) is 126 Å². The molecule has 5 saturated carbocycles. The molecule has 0 saturated heterocycles. The number of hydrogen-bond donors (Lipinski definition) is 0. The fourth-order valence-corrected chi connectivity index (χ4v) is 12.1. The zero-order valence-electron chi connectivity index (χ0n) is 25.3. The average molecular weight is 529 g/mol. The third-order valence-corrected chi connectivity index (χ3v) is 13.9. The van der Waals surface area contributed by atoms with Gasteiger partial charge in [-0.2, -0.15) is 0 Å². The van der Waals surface area contributed by atoms with Crippen molar-refractivity contribution in [3.8, 4) is 0 Å². The highest BCUT2D eigenvalue weighted by Gasteiger charge is 2.71. The molecule has 0 bridgehead atoms. The van der Waals surface area contributed by atoms with Crippen LogP contribution in [0.1, 0.15) is 120 Å². The molecule has 5 fully saturated rings. The highest BCUT2D eigenvalue weighted by Crippen LogP contribution is 2.77. The first-order valence-electron chi connectivity index (χ1n) is 15.4. The highest BCUT2D eigenvalue weighted by atomic mass is 16.5. The predicted octanol–water partition coefficient (Wildman–Crippen LogP) is 7.15. The molecule has 38 heavy (non-hydrogen) atoms. The van der Waals surface area contributed by atoms with Crippen LogP contribution in [0.25, 0.3) is 0 Å². The predicted molar refractivity (Wildman–Crippen MR) is 147 cm³/mol. The molecule has 0 aromatic carbocycles. The average Bonchev–Trinajstić information content (AvgIpc) is 3.20. The van der Waals surface area contributed by atoms with Crippen molar-refractivity contribution >= 4 is 17.7 Å². The van der Waals surface area contributed by atoms with Gasteiger partial charge in [0.05, 0.1) is 6.61 Å². The smallest absolute Gasteiger partial charge is 0.302 e. The Labute approximate surface area is 230 Å². The first-order chi connectivity index (χ1) is 17.6. The number of ketones is 1. The van der Waals surface area contributed by atoms with E-state index in [1.165, 1.54) is 32.6 Å². The lowest BCUT2D eigenvalue weighted by Gasteiger charge is -2.73. The SMILES string of the molecule is CC(=O)OC[C@@]12CC[C@H](C(C)=O)[C@@H]1[C@H]1CC[C@H]3[C@@]4(C)CC[C@H](OC(C)=O)C(C)(C)[C@H]4CC[C@]3(C)[C@]1(C)CC2. The van der Waals surface area contributed by atoms with Gasteiger partial charge < -0.3 is 9.47 Å². The van der Waals surface area contributed by atoms with Gasteiger partial charge in [-0.25, -0.2) is 0 Å². The number of esters is 2. The van der Waals surface area contributed by atoms with Crippen LogP contribution < -0.4 is 0 Å². The van der Waals surface area contributed by atoms with Gasteiger partial charge in [0.15, 0.2) is 0 Å². The van der Waals surface area contributed by atoms with Crippen molar-refractivity contribution in [1.82, 2.24) is 0 Å². The Hall–Kier alpha value is -1.39. The van der Waals surface area contributed by atoms with Crippen LogP contribution >= 0.6 is 0 Å². The van der Waals surface area contributed by atoms with Gasteiger partial charge in [0, 0.05) is 30.6 Å². The monoisotopic (exact) mass is 528 g/mol. The molecule has 10 atom stereocenters. The quantitative estimate of drug-likeness (QED) is 0.362. The fourth-order valence-electron chi connectivity index (χ4n) is 12.1. The molecule has 0 heterocycles. The molecule has 0 spiro atoms. The second kappa shape index (κ2) is 9.06. The molecule has 0 aromatic rings. The third-order valence-electron chi connectivity index (χ3n) is 13.9. The number of carbonyl (C=O) groups is 3. The van der Waals surface area contributed by atoms with E-state index in [-0.39, 0.29) is 51.0 Å². The molecular formula is C33H52O5. The Morgan fingerprint density at radius 2 is 1.42 bits per heavy atom. The molecular weight excluding hydrogens is 476 g/mol. The molecule has 5 nitrogen and oxygen atoms in total. The van der Waals surface area contributed by atoms with Crippen LogP contribution in [-0.4, -0.2) is 30.4 Å². The van der Waals surface area contributed by atoms with Crippen LogP contribution in [0, 0.1) is 56.7 Å². The molecule has 0 N–H and O–H groups in total. The second-order valence-corrected chi connectivity index (χ2v) is 15.6. The minimum atomic E-state index is -0.202. The summed E-state index contributed by atoms with van der Waals surface area (Å²) in [5.74, 6) is 2.05. The van der Waals surface area contributed by atoms with E-state index < -0.39 is 0 Å². The van der Waals surface area contributed by atoms with E-state index in [0.29, 0.717) is 36.1 Å². The number of Topliss-reactive ketones (excluding diaryl/α,β-unsaturated/α-hetero) is 1. The summed E-state index contributed by atoms with van der Waals surface area (Å²) in [6.07, 6.45) is 11.0. The number of ether oxygens (including phenoxy) is 2. The largest absolute Gasteiger partial charge is 0.465 e. The fraction of sp³-hybridized carbons (Fsp3) is 0.909. The van der Waals surface area contributed by atoms with Crippen LogP contribution in [0.5, 0.6) is 0 Å². The van der Waals surface area contributed by atoms with E-state index >= 15 is 0 Å². The van der Waals surface area contributed by atoms with E-state index in [0.717, 1.165) is 38.5 Å². The summed E-state index contributed by atoms with van der Waals surface area (Å²) in [5.41, 5.74) is 0.532. The van der Waals surface area contributed by atoms with E-state index in [4.69, 9.17) is 9.47 Å². The standard InChI is InChI=1S/C33H52O5/c1-20(34)23-11-16-33(19-37-21(2)35)18-17-31(7)24(28(23)33)9-10-26-30(6)14-13-27(38-22(3)36)29(4,5)25(30)12-15-32(26,31)8/h23-28H,9-19H2,1-8H3/t23-,24-,25-,26+,27+,28-,30+,31-,32+,33+/m1/s1. The zero-order valence-corrected chi connectivity index (χ0v) is 25.3. The maximum Gasteiger partial charge on any atom is 0.302 e. The normalized spacial score (nSPS) is 49.1. The van der Waals surface area contributed by atoms with Crippen molar-refractivity contribution in [2.75, 3.05) is 6.61 Å². The summed E-state index contributed by atoms with van der Waals surface area (Å²) in [6, 6.07) is 0. The zero-order chi connectivity index (χ0) is 27.9. The third kappa shape index (κ3) is 3.79. The summed E-state index contributed by atoms with van der Waals surface area (Å²) in [6.45, 7) is 17.8. The van der Waals surface area contributed by atoms with Crippen molar-refractivity contribution in [3.63, 3.8) is 0 Å². The lowest BCUT2D eigenvalue weighted by atomic mass is 9.32. The topological polar surface area (TPSA) is 69.7 Å². The van der Waals surface area contributed by atoms with Crippen LogP contribution in [-0.2, 0) is 23.9 Å². The van der Waals surface area contributed by atoms with Gasteiger partial charge in [-0.3, -0.25) is 14.4 Å². The minimum Gasteiger partial charge on any atom is -0.465 e. The van der Waals surface area contributed by atoms with Crippen LogP contribution in [0.4, 0.5) is 0 Å². The lowest BCUT2D eigenvalue weighted by molar-refractivity contribution is -0.252. The lowest BCUT2D eigenvalue weighted by Crippen LogP contribution is -2.67. The summed E-state index contributed by atoms with van der Waals surface area (Å²) in [5, 5.41) is 0. The minimum absolute atomic E-state index is 0.000688. The maximum atomic E-state index is 13.0. The van der Waals surface area contributed by atoms with Gasteiger partial charge in [0.25, 0.3) is 0 Å². The molecule has 0 aromatic heterocycles. The van der Waals surface area contributed by atoms with Crippen molar-refractivity contribution in [3.05, 3.63) is 0 Å². The number of hydrogen-bond acceptors (Lipinski definition) is 5. The Morgan fingerprint density at radius 3 is 2.05 bits per heavy atom. The van der Waals surface area contributed by atoms with E-state index in [2.05, 4.69) is 34.6 Å². The number of rotatable bonds is 4. The number of fused-ring (bicyclic) bond motifs is 7. The second-order valence-electron chi connectivity index (χ2n) is 15.6. The maximum absolute atomic E-state index is 13.0. The molecule has 5 heteroatoms. The Bertz CT molecular complexity index is 1000. The van der Waals surface area contributed by atoms with Crippen LogP contribution in [0.15, 0.2) is 0 Å². The van der Waals surface area contributed by atoms with E-state index in [1.54, 1.807) is 13.8 Å². The van der Waals surface area contributed by atoms with E-state index in [1.807, 2.05) is 0 Å². The summed E-state index contributed by atoms with van der Waals surface area (Å²) >= 11 is 0. The van der Waals surface area contributed by atoms with Gasteiger partial charge in [0.1, 0.15) is 11.9 Å². The molecule has 5 rings (SSSR count). The first-order valence-corrected chi connectivity index (χ1v) is 15.4. The summed E-state index contributed by atoms with van der Waals surface area (Å²) < 4.78 is 11.6. The van der Waals surface area contributed by atoms with Crippen molar-refractivity contribution < 1.29 is 23.9 Å². The molecule has 0 amide bonds. The summed E-state index contributed by atoms with van der Waals surface area (Å²) in [4.78, 5) is 36.8. The first kappa shape index (κ1) is 28.1. The van der Waals surface area contributed by atoms with Gasteiger partial charge in [-0.1, -0.05) is 34.6 Å². The molecule has 0 radical (unpaired) electrons. The Balaban J connectivity index is 1.49. The van der Waals surface area contributed by atoms with Crippen molar-refractivity contribution in [1.29, 1.82) is 0 Å². The number of carbonyl (C=O) groups excluding carboxylic acids is 3. The molecule has 5 aliphatic carbocycles. The van der Waals surface area contributed by atoms with Gasteiger partial charge in [-0.05, 0) is 111 Å². The van der Waals surface area contributed by atoms with Gasteiger partial charge >= 0.3 is 11.9 Å². The summed E-state index contributed by atoms with van der Waals surface area (Å²) in [7, 11) is 0. The van der Waals surface area contributed by atoms with E-state index in [9.17, 15) is 14.4 Å². The molecule has 0 unspecified atom stereocenters. The molecule has 214 valence electrons. The highest BCUT2D eigenvalue weighted by molar-refractivity contribution is 5.79. The molecule has 0 aliphatic heterocycles.